The van der Waals surface area contributed by atoms with Crippen LogP contribution >= 0.6 is 0 Å². The van der Waals surface area contributed by atoms with Crippen LogP contribution < -0.4 is 26.0 Å². The Morgan fingerprint density at radius 1 is 1.10 bits per heavy atom. The van der Waals surface area contributed by atoms with Gasteiger partial charge in [-0.1, -0.05) is 26.0 Å². The van der Waals surface area contributed by atoms with E-state index in [9.17, 15) is 24.3 Å². The molecule has 12 nitrogen and oxygen atoms in total. The lowest BCUT2D eigenvalue weighted by Gasteiger charge is -2.26. The SMILES string of the molecule is CC(C)[C@H]1COCCCCOc2ccc(cc2)C[C@@H](NC(=O)NC(CCCCNC(=O)OC(C)(C)C)C(=O)O)C(=O)N1. The normalized spacial score (nSPS) is 19.2. The Morgan fingerprint density at radius 2 is 1.79 bits per heavy atom. The van der Waals surface area contributed by atoms with Crippen molar-refractivity contribution < 1.29 is 38.5 Å². The fraction of sp³-hybridized carbons (Fsp3) is 0.667. The first-order valence-corrected chi connectivity index (χ1v) is 14.7. The van der Waals surface area contributed by atoms with Crippen molar-refractivity contribution in [3.63, 3.8) is 0 Å². The summed E-state index contributed by atoms with van der Waals surface area (Å²) in [5.41, 5.74) is 0.193. The van der Waals surface area contributed by atoms with Gasteiger partial charge >= 0.3 is 18.1 Å². The van der Waals surface area contributed by atoms with E-state index in [0.717, 1.165) is 18.4 Å². The minimum Gasteiger partial charge on any atom is -0.494 e. The van der Waals surface area contributed by atoms with Gasteiger partial charge in [-0.15, -0.1) is 0 Å². The van der Waals surface area contributed by atoms with Crippen LogP contribution in [-0.2, 0) is 25.5 Å². The van der Waals surface area contributed by atoms with Gasteiger partial charge in [-0.2, -0.15) is 0 Å². The van der Waals surface area contributed by atoms with Crippen LogP contribution in [0.25, 0.3) is 0 Å². The number of rotatable bonds is 9. The molecule has 236 valence electrons. The van der Waals surface area contributed by atoms with Gasteiger partial charge in [-0.3, -0.25) is 4.79 Å². The van der Waals surface area contributed by atoms with Crippen molar-refractivity contribution in [3.8, 4) is 5.75 Å². The average molecular weight is 593 g/mol. The number of fused-ring (bicyclic) bond motifs is 13. The van der Waals surface area contributed by atoms with Crippen LogP contribution in [0.3, 0.4) is 0 Å². The molecule has 2 heterocycles. The summed E-state index contributed by atoms with van der Waals surface area (Å²) in [6, 6.07) is 4.17. The fourth-order valence-corrected chi connectivity index (χ4v) is 4.15. The lowest BCUT2D eigenvalue weighted by atomic mass is 10.0. The minimum atomic E-state index is -1.19. The third kappa shape index (κ3) is 13.9. The molecule has 12 heteroatoms. The molecule has 2 aliphatic rings. The number of carboxylic acid groups (broad SMARTS) is 1. The average Bonchev–Trinajstić information content (AvgIpc) is 2.89. The van der Waals surface area contributed by atoms with E-state index in [-0.39, 0.29) is 30.7 Å². The first kappa shape index (κ1) is 34.7. The van der Waals surface area contributed by atoms with Crippen molar-refractivity contribution in [2.45, 2.75) is 96.9 Å². The summed E-state index contributed by atoms with van der Waals surface area (Å²) < 4.78 is 16.8. The van der Waals surface area contributed by atoms with Crippen LogP contribution in [0.4, 0.5) is 9.59 Å². The van der Waals surface area contributed by atoms with Gasteiger partial charge in [0.25, 0.3) is 0 Å². The number of hydrogen-bond donors (Lipinski definition) is 5. The van der Waals surface area contributed by atoms with Crippen molar-refractivity contribution in [3.05, 3.63) is 29.8 Å². The summed E-state index contributed by atoms with van der Waals surface area (Å²) >= 11 is 0. The van der Waals surface area contributed by atoms with Gasteiger partial charge in [-0.05, 0) is 76.5 Å². The second kappa shape index (κ2) is 17.4. The number of carbonyl (C=O) groups excluding carboxylic acids is 3. The number of ether oxygens (including phenoxy) is 3. The van der Waals surface area contributed by atoms with Crippen molar-refractivity contribution in [1.29, 1.82) is 0 Å². The van der Waals surface area contributed by atoms with Crippen molar-refractivity contribution in [2.24, 2.45) is 5.92 Å². The van der Waals surface area contributed by atoms with E-state index in [1.54, 1.807) is 20.8 Å². The Balaban J connectivity index is 2.02. The molecule has 1 aromatic rings. The fourth-order valence-electron chi connectivity index (χ4n) is 4.15. The lowest BCUT2D eigenvalue weighted by Crippen LogP contribution is -2.56. The Bertz CT molecular complexity index is 1010. The number of alkyl carbamates (subject to hydrolysis) is 1. The Labute approximate surface area is 248 Å². The van der Waals surface area contributed by atoms with E-state index in [1.165, 1.54) is 0 Å². The highest BCUT2D eigenvalue weighted by molar-refractivity contribution is 5.89. The van der Waals surface area contributed by atoms with E-state index < -0.39 is 35.8 Å². The topological polar surface area (TPSA) is 164 Å². The van der Waals surface area contributed by atoms with Crippen molar-refractivity contribution in [2.75, 3.05) is 26.4 Å². The van der Waals surface area contributed by atoms with Crippen molar-refractivity contribution >= 4 is 24.0 Å². The molecule has 0 aliphatic carbocycles. The van der Waals surface area contributed by atoms with E-state index in [4.69, 9.17) is 14.2 Å². The highest BCUT2D eigenvalue weighted by Gasteiger charge is 2.27. The van der Waals surface area contributed by atoms with E-state index >= 15 is 0 Å². The summed E-state index contributed by atoms with van der Waals surface area (Å²) in [6.07, 6.45) is 2.39. The molecule has 5 N–H and O–H groups in total. The number of benzene rings is 1. The first-order valence-electron chi connectivity index (χ1n) is 14.7. The van der Waals surface area contributed by atoms with Gasteiger partial charge in [0.2, 0.25) is 5.91 Å². The molecule has 2 aliphatic heterocycles. The maximum absolute atomic E-state index is 13.4. The summed E-state index contributed by atoms with van der Waals surface area (Å²) in [5.74, 6) is -0.782. The van der Waals surface area contributed by atoms with Gasteiger partial charge in [0, 0.05) is 19.6 Å². The maximum atomic E-state index is 13.4. The monoisotopic (exact) mass is 592 g/mol. The van der Waals surface area contributed by atoms with Crippen LogP contribution in [0.15, 0.2) is 24.3 Å². The number of urea groups is 1. The molecule has 0 radical (unpaired) electrons. The number of unbranched alkanes of at least 4 members (excludes halogenated alkanes) is 1. The number of hydrogen-bond acceptors (Lipinski definition) is 7. The minimum absolute atomic E-state index is 0.0890. The largest absolute Gasteiger partial charge is 0.494 e. The third-order valence-electron chi connectivity index (χ3n) is 6.56. The Hall–Kier alpha value is -3.54. The van der Waals surface area contributed by atoms with Gasteiger partial charge in [0.05, 0.1) is 19.3 Å². The number of aliphatic carboxylic acids is 1. The smallest absolute Gasteiger partial charge is 0.407 e. The summed E-state index contributed by atoms with van der Waals surface area (Å²) in [5, 5.41) is 20.4. The molecule has 0 aromatic heterocycles. The summed E-state index contributed by atoms with van der Waals surface area (Å²) in [4.78, 5) is 49.9. The van der Waals surface area contributed by atoms with Crippen molar-refractivity contribution in [1.82, 2.24) is 21.3 Å². The van der Waals surface area contributed by atoms with Crippen LogP contribution in [-0.4, -0.2) is 79.2 Å². The second-order valence-electron chi connectivity index (χ2n) is 11.8. The molecule has 3 rings (SSSR count). The first-order chi connectivity index (χ1) is 19.8. The number of nitrogens with one attached hydrogen (secondary N) is 4. The zero-order chi connectivity index (χ0) is 31.1. The molecule has 42 heavy (non-hydrogen) atoms. The Kier molecular flexibility index (Phi) is 14.4. The zero-order valence-corrected chi connectivity index (χ0v) is 25.5. The van der Waals surface area contributed by atoms with Crippen LogP contribution in [0.2, 0.25) is 0 Å². The molecule has 4 amide bonds. The lowest BCUT2D eigenvalue weighted by molar-refractivity contribution is -0.139. The molecule has 0 saturated carbocycles. The second-order valence-corrected chi connectivity index (χ2v) is 11.8. The quantitative estimate of drug-likeness (QED) is 0.272. The van der Waals surface area contributed by atoms with Gasteiger partial charge in [0.15, 0.2) is 0 Å². The predicted octanol–water partition coefficient (Wildman–Crippen LogP) is 3.38. The molecule has 0 spiro atoms. The Morgan fingerprint density at radius 3 is 2.43 bits per heavy atom. The van der Waals surface area contributed by atoms with Gasteiger partial charge in [-0.25, -0.2) is 14.4 Å². The van der Waals surface area contributed by atoms with Crippen LogP contribution in [0, 0.1) is 5.92 Å². The number of amides is 4. The van der Waals surface area contributed by atoms with E-state index in [0.29, 0.717) is 45.0 Å². The highest BCUT2D eigenvalue weighted by atomic mass is 16.6. The molecule has 0 saturated heterocycles. The van der Waals surface area contributed by atoms with Gasteiger partial charge in [0.1, 0.15) is 23.4 Å². The molecular formula is C30H48N4O8. The standard InChI is InChI=1S/C30H48N4O8/c1-20(2)25-19-40-16-8-9-17-41-22-13-11-21(12-14-22)18-24(26(35)32-25)34-28(38)33-23(27(36)37)10-6-7-15-31-29(39)42-30(3,4)5/h11-14,20,23-25H,6-10,15-19H2,1-5H3,(H,31,39)(H,32,35)(H,36,37)(H2,33,34,38)/t23?,24-,25-/m1/s1. The molecule has 2 bridgehead atoms. The number of carboxylic acids is 1. The summed E-state index contributed by atoms with van der Waals surface area (Å²) in [6.45, 7) is 11.0. The predicted molar refractivity (Wildman–Crippen MR) is 157 cm³/mol. The highest BCUT2D eigenvalue weighted by Crippen LogP contribution is 2.15. The molecule has 1 aromatic carbocycles. The van der Waals surface area contributed by atoms with Crippen LogP contribution in [0.1, 0.15) is 72.3 Å². The number of carbonyl (C=O) groups is 4. The molecular weight excluding hydrogens is 544 g/mol. The third-order valence-corrected chi connectivity index (χ3v) is 6.56. The zero-order valence-electron chi connectivity index (χ0n) is 25.5. The molecule has 0 fully saturated rings. The van der Waals surface area contributed by atoms with E-state index in [1.807, 2.05) is 38.1 Å². The molecule has 1 unspecified atom stereocenters. The van der Waals surface area contributed by atoms with E-state index in [2.05, 4.69) is 21.3 Å². The van der Waals surface area contributed by atoms with Crippen LogP contribution in [0.5, 0.6) is 5.75 Å². The maximum Gasteiger partial charge on any atom is 0.407 e. The van der Waals surface area contributed by atoms with Gasteiger partial charge < -0.3 is 40.6 Å². The summed E-state index contributed by atoms with van der Waals surface area (Å²) in [7, 11) is 0. The molecule has 3 atom stereocenters.